The molecule has 5 rings (SSSR count). The molecule has 1 aliphatic heterocycles. The van der Waals surface area contributed by atoms with E-state index >= 15 is 0 Å². The number of sulfone groups is 1. The summed E-state index contributed by atoms with van der Waals surface area (Å²) in [6.07, 6.45) is 4.68. The van der Waals surface area contributed by atoms with Gasteiger partial charge in [-0.05, 0) is 53.4 Å². The third kappa shape index (κ3) is 3.17. The highest BCUT2D eigenvalue weighted by molar-refractivity contribution is 7.90. The average Bonchev–Trinajstić information content (AvgIpc) is 3.15. The minimum atomic E-state index is -3.28. The summed E-state index contributed by atoms with van der Waals surface area (Å²) in [4.78, 5) is 15.3. The Balaban J connectivity index is 1.51. The number of hydrogen-bond acceptors (Lipinski definition) is 4. The van der Waals surface area contributed by atoms with Crippen molar-refractivity contribution in [1.82, 2.24) is 0 Å². The van der Waals surface area contributed by atoms with Gasteiger partial charge in [-0.3, -0.25) is 4.79 Å². The van der Waals surface area contributed by atoms with Gasteiger partial charge in [0, 0.05) is 29.4 Å². The molecular formula is C24H21NO4S. The van der Waals surface area contributed by atoms with Crippen molar-refractivity contribution >= 4 is 43.2 Å². The van der Waals surface area contributed by atoms with Gasteiger partial charge in [0.05, 0.1) is 17.6 Å². The zero-order chi connectivity index (χ0) is 20.9. The van der Waals surface area contributed by atoms with E-state index in [2.05, 4.69) is 0 Å². The molecular weight excluding hydrogens is 398 g/mol. The SMILES string of the molecule is CS(=O)(=O)c1ccc2c(c1)CCCN2C(=O)Cc1coc2ccc3ccccc3c12. The molecule has 0 fully saturated rings. The van der Waals surface area contributed by atoms with Crippen LogP contribution in [0, 0.1) is 0 Å². The van der Waals surface area contributed by atoms with Gasteiger partial charge in [0.15, 0.2) is 9.84 Å². The minimum Gasteiger partial charge on any atom is -0.464 e. The van der Waals surface area contributed by atoms with Crippen molar-refractivity contribution in [3.8, 4) is 0 Å². The second-order valence-electron chi connectivity index (χ2n) is 7.81. The Labute approximate surface area is 174 Å². The highest BCUT2D eigenvalue weighted by Crippen LogP contribution is 2.33. The molecule has 0 spiro atoms. The summed E-state index contributed by atoms with van der Waals surface area (Å²) in [5, 5.41) is 3.16. The lowest BCUT2D eigenvalue weighted by molar-refractivity contribution is -0.118. The summed E-state index contributed by atoms with van der Waals surface area (Å²) in [6, 6.07) is 17.1. The Morgan fingerprint density at radius 1 is 1.10 bits per heavy atom. The van der Waals surface area contributed by atoms with Crippen molar-refractivity contribution in [3.63, 3.8) is 0 Å². The number of benzene rings is 3. The van der Waals surface area contributed by atoms with Gasteiger partial charge >= 0.3 is 0 Å². The molecule has 0 aliphatic carbocycles. The van der Waals surface area contributed by atoms with Crippen LogP contribution in [-0.4, -0.2) is 27.1 Å². The molecule has 1 aliphatic rings. The maximum atomic E-state index is 13.3. The Hall–Kier alpha value is -3.12. The lowest BCUT2D eigenvalue weighted by atomic mass is 9.99. The fourth-order valence-electron chi connectivity index (χ4n) is 4.33. The van der Waals surface area contributed by atoms with Crippen LogP contribution in [0.1, 0.15) is 17.5 Å². The van der Waals surface area contributed by atoms with Crippen molar-refractivity contribution < 1.29 is 17.6 Å². The van der Waals surface area contributed by atoms with E-state index in [0.29, 0.717) is 11.4 Å². The van der Waals surface area contributed by atoms with Gasteiger partial charge in [0.2, 0.25) is 5.91 Å². The molecule has 5 nitrogen and oxygen atoms in total. The normalized spacial score (nSPS) is 14.2. The highest BCUT2D eigenvalue weighted by atomic mass is 32.2. The predicted octanol–water partition coefficient (Wildman–Crippen LogP) is 4.51. The summed E-state index contributed by atoms with van der Waals surface area (Å²) >= 11 is 0. The molecule has 0 radical (unpaired) electrons. The third-order valence-corrected chi connectivity index (χ3v) is 6.89. The highest BCUT2D eigenvalue weighted by Gasteiger charge is 2.25. The molecule has 3 aromatic carbocycles. The number of carbonyl (C=O) groups excluding carboxylic acids is 1. The predicted molar refractivity (Wildman–Crippen MR) is 118 cm³/mol. The molecule has 4 aromatic rings. The smallest absolute Gasteiger partial charge is 0.231 e. The Morgan fingerprint density at radius 2 is 1.93 bits per heavy atom. The van der Waals surface area contributed by atoms with Crippen LogP contribution in [0.25, 0.3) is 21.7 Å². The lowest BCUT2D eigenvalue weighted by Crippen LogP contribution is -2.36. The number of amides is 1. The topological polar surface area (TPSA) is 67.6 Å². The van der Waals surface area contributed by atoms with Crippen LogP contribution in [0.3, 0.4) is 0 Å². The van der Waals surface area contributed by atoms with Crippen molar-refractivity contribution in [2.75, 3.05) is 17.7 Å². The minimum absolute atomic E-state index is 0.0151. The second kappa shape index (κ2) is 6.99. The number of fused-ring (bicyclic) bond motifs is 4. The van der Waals surface area contributed by atoms with Crippen LogP contribution in [0.5, 0.6) is 0 Å². The van der Waals surface area contributed by atoms with E-state index in [0.717, 1.165) is 51.4 Å². The summed E-state index contributed by atoms with van der Waals surface area (Å²) in [7, 11) is -3.28. The third-order valence-electron chi connectivity index (χ3n) is 5.78. The molecule has 0 N–H and O–H groups in total. The first-order valence-electron chi connectivity index (χ1n) is 9.93. The lowest BCUT2D eigenvalue weighted by Gasteiger charge is -2.30. The van der Waals surface area contributed by atoms with E-state index in [1.807, 2.05) is 36.4 Å². The molecule has 2 heterocycles. The molecule has 30 heavy (non-hydrogen) atoms. The van der Waals surface area contributed by atoms with E-state index in [1.165, 1.54) is 6.26 Å². The van der Waals surface area contributed by atoms with Crippen molar-refractivity contribution in [3.05, 3.63) is 72.0 Å². The van der Waals surface area contributed by atoms with Gasteiger partial charge in [0.25, 0.3) is 0 Å². The molecule has 6 heteroatoms. The molecule has 152 valence electrons. The van der Waals surface area contributed by atoms with Crippen molar-refractivity contribution in [2.24, 2.45) is 0 Å². The molecule has 1 aromatic heterocycles. The number of hydrogen-bond donors (Lipinski definition) is 0. The van der Waals surface area contributed by atoms with E-state index in [1.54, 1.807) is 29.4 Å². The first-order valence-corrected chi connectivity index (χ1v) is 11.8. The van der Waals surface area contributed by atoms with Gasteiger partial charge in [-0.2, -0.15) is 0 Å². The zero-order valence-electron chi connectivity index (χ0n) is 16.6. The number of rotatable bonds is 3. The van der Waals surface area contributed by atoms with Gasteiger partial charge in [-0.1, -0.05) is 30.3 Å². The molecule has 0 saturated heterocycles. The van der Waals surface area contributed by atoms with Crippen molar-refractivity contribution in [1.29, 1.82) is 0 Å². The summed E-state index contributed by atoms with van der Waals surface area (Å²) in [5.41, 5.74) is 3.34. The standard InChI is InChI=1S/C24H21NO4S/c1-30(27,28)19-9-10-21-17(13-19)6-4-12-25(21)23(26)14-18-15-29-22-11-8-16-5-2-3-7-20(16)24(18)22/h2-3,5,7-11,13,15H,4,6,12,14H2,1H3. The monoisotopic (exact) mass is 419 g/mol. The van der Waals surface area contributed by atoms with E-state index in [-0.39, 0.29) is 12.3 Å². The van der Waals surface area contributed by atoms with Crippen LogP contribution < -0.4 is 4.90 Å². The van der Waals surface area contributed by atoms with Crippen LogP contribution in [0.15, 0.2) is 70.2 Å². The van der Waals surface area contributed by atoms with Crippen molar-refractivity contribution in [2.45, 2.75) is 24.2 Å². The van der Waals surface area contributed by atoms with E-state index in [4.69, 9.17) is 4.42 Å². The Kier molecular flexibility index (Phi) is 4.40. The average molecular weight is 420 g/mol. The summed E-state index contributed by atoms with van der Waals surface area (Å²) in [5.74, 6) is -0.0151. The number of aryl methyl sites for hydroxylation is 1. The second-order valence-corrected chi connectivity index (χ2v) is 9.82. The van der Waals surface area contributed by atoms with Gasteiger partial charge in [0.1, 0.15) is 5.58 Å². The number of anilines is 1. The molecule has 0 saturated carbocycles. The number of furan rings is 1. The molecule has 0 bridgehead atoms. The van der Waals surface area contributed by atoms with Gasteiger partial charge < -0.3 is 9.32 Å². The maximum Gasteiger partial charge on any atom is 0.231 e. The Bertz CT molecular complexity index is 1400. The number of nitrogens with zero attached hydrogens (tertiary/aromatic N) is 1. The zero-order valence-corrected chi connectivity index (χ0v) is 17.4. The summed E-state index contributed by atoms with van der Waals surface area (Å²) in [6.45, 7) is 0.626. The molecule has 0 atom stereocenters. The maximum absolute atomic E-state index is 13.3. The van der Waals surface area contributed by atoms with Crippen LogP contribution >= 0.6 is 0 Å². The fraction of sp³-hybridized carbons (Fsp3) is 0.208. The van der Waals surface area contributed by atoms with E-state index in [9.17, 15) is 13.2 Å². The van der Waals surface area contributed by atoms with E-state index < -0.39 is 9.84 Å². The van der Waals surface area contributed by atoms with Gasteiger partial charge in [-0.25, -0.2) is 8.42 Å². The number of carbonyl (C=O) groups is 1. The quantitative estimate of drug-likeness (QED) is 0.490. The first kappa shape index (κ1) is 18.9. The molecule has 0 unspecified atom stereocenters. The van der Waals surface area contributed by atoms with Crippen LogP contribution in [-0.2, 0) is 27.5 Å². The first-order chi connectivity index (χ1) is 14.4. The Morgan fingerprint density at radius 3 is 2.77 bits per heavy atom. The molecule has 1 amide bonds. The van der Waals surface area contributed by atoms with Gasteiger partial charge in [-0.15, -0.1) is 0 Å². The van der Waals surface area contributed by atoms with Crippen LogP contribution in [0.4, 0.5) is 5.69 Å². The van der Waals surface area contributed by atoms with Crippen LogP contribution in [0.2, 0.25) is 0 Å². The summed E-state index contributed by atoms with van der Waals surface area (Å²) < 4.78 is 29.5. The fourth-order valence-corrected chi connectivity index (χ4v) is 5.00. The largest absolute Gasteiger partial charge is 0.464 e.